The van der Waals surface area contributed by atoms with Crippen LogP contribution in [0.3, 0.4) is 0 Å². The van der Waals surface area contributed by atoms with Crippen molar-refractivity contribution in [1.29, 1.82) is 5.26 Å². The maximum atomic E-state index is 12.4. The number of esters is 1. The van der Waals surface area contributed by atoms with Crippen molar-refractivity contribution in [2.24, 2.45) is 0 Å². The number of carbonyl (C=O) groups excluding carboxylic acids is 2. The number of rotatable bonds is 6. The number of nitrogens with one attached hydrogen (secondary N) is 1. The van der Waals surface area contributed by atoms with Crippen molar-refractivity contribution in [2.45, 2.75) is 13.8 Å². The van der Waals surface area contributed by atoms with E-state index in [9.17, 15) is 14.9 Å². The molecule has 0 saturated heterocycles. The summed E-state index contributed by atoms with van der Waals surface area (Å²) in [6, 6.07) is 19.4. The van der Waals surface area contributed by atoms with Gasteiger partial charge in [-0.3, -0.25) is 4.79 Å². The molecule has 6 heteroatoms. The van der Waals surface area contributed by atoms with Gasteiger partial charge in [0.05, 0.1) is 12.2 Å². The molecule has 0 radical (unpaired) electrons. The lowest BCUT2D eigenvalue weighted by atomic mass is 10.1. The second-order valence-corrected chi connectivity index (χ2v) is 6.49. The zero-order valence-electron chi connectivity index (χ0n) is 16.6. The molecule has 0 fully saturated rings. The molecule has 0 bridgehead atoms. The summed E-state index contributed by atoms with van der Waals surface area (Å²) in [6.45, 7) is 4.01. The third-order valence-corrected chi connectivity index (χ3v) is 4.27. The molecule has 0 unspecified atom stereocenters. The first-order chi connectivity index (χ1) is 14.5. The van der Waals surface area contributed by atoms with Gasteiger partial charge in [0.1, 0.15) is 23.2 Å². The van der Waals surface area contributed by atoms with Crippen LogP contribution in [0.25, 0.3) is 17.4 Å². The number of furan rings is 1. The van der Waals surface area contributed by atoms with E-state index in [4.69, 9.17) is 9.15 Å². The van der Waals surface area contributed by atoms with Gasteiger partial charge in [0.15, 0.2) is 0 Å². The van der Waals surface area contributed by atoms with E-state index in [-0.39, 0.29) is 11.5 Å². The van der Waals surface area contributed by atoms with Crippen molar-refractivity contribution in [3.63, 3.8) is 0 Å². The lowest BCUT2D eigenvalue weighted by molar-refractivity contribution is -0.112. The number of nitriles is 1. The molecule has 0 aliphatic rings. The van der Waals surface area contributed by atoms with Crippen LogP contribution >= 0.6 is 0 Å². The molecule has 3 rings (SSSR count). The Hall–Kier alpha value is -4.11. The first-order valence-electron chi connectivity index (χ1n) is 9.37. The summed E-state index contributed by atoms with van der Waals surface area (Å²) < 4.78 is 10.7. The maximum absolute atomic E-state index is 12.4. The summed E-state index contributed by atoms with van der Waals surface area (Å²) in [5.74, 6) is 0.0198. The largest absolute Gasteiger partial charge is 0.462 e. The first-order valence-corrected chi connectivity index (χ1v) is 9.37. The quantitative estimate of drug-likeness (QED) is 0.358. The Labute approximate surface area is 174 Å². The highest BCUT2D eigenvalue weighted by Gasteiger charge is 2.12. The standard InChI is InChI=1S/C24H20N2O4/c1-3-29-24(28)18-8-6-17(7-9-18)22-13-12-21(30-22)14-19(15-25)23(27)26-20-10-4-16(2)5-11-20/h4-14H,3H2,1-2H3,(H,26,27)/b19-14-. The van der Waals surface area contributed by atoms with Crippen molar-refractivity contribution in [1.82, 2.24) is 0 Å². The third kappa shape index (κ3) is 5.03. The van der Waals surface area contributed by atoms with E-state index >= 15 is 0 Å². The number of carbonyl (C=O) groups is 2. The summed E-state index contributed by atoms with van der Waals surface area (Å²) in [5.41, 5.74) is 2.81. The summed E-state index contributed by atoms with van der Waals surface area (Å²) in [4.78, 5) is 24.1. The molecule has 0 spiro atoms. The predicted molar refractivity (Wildman–Crippen MR) is 113 cm³/mol. The highest BCUT2D eigenvalue weighted by molar-refractivity contribution is 6.09. The number of benzene rings is 2. The van der Waals surface area contributed by atoms with Gasteiger partial charge in [-0.2, -0.15) is 5.26 Å². The average molecular weight is 400 g/mol. The molecule has 6 nitrogen and oxygen atoms in total. The molecule has 3 aromatic rings. The van der Waals surface area contributed by atoms with E-state index in [0.717, 1.165) is 11.1 Å². The Morgan fingerprint density at radius 2 is 1.77 bits per heavy atom. The average Bonchev–Trinajstić information content (AvgIpc) is 3.22. The highest BCUT2D eigenvalue weighted by atomic mass is 16.5. The zero-order valence-corrected chi connectivity index (χ0v) is 16.6. The minimum Gasteiger partial charge on any atom is -0.462 e. The fourth-order valence-corrected chi connectivity index (χ4v) is 2.70. The molecule has 30 heavy (non-hydrogen) atoms. The number of amides is 1. The van der Waals surface area contributed by atoms with Crippen LogP contribution in [0.15, 0.2) is 70.7 Å². The lowest BCUT2D eigenvalue weighted by Crippen LogP contribution is -2.13. The number of nitrogens with zero attached hydrogens (tertiary/aromatic N) is 1. The summed E-state index contributed by atoms with van der Waals surface area (Å²) >= 11 is 0. The molecule has 1 amide bonds. The molecule has 0 saturated carbocycles. The summed E-state index contributed by atoms with van der Waals surface area (Å²) in [7, 11) is 0. The topological polar surface area (TPSA) is 92.3 Å². The molecular formula is C24H20N2O4. The molecule has 1 aromatic heterocycles. The van der Waals surface area contributed by atoms with Gasteiger partial charge in [0.2, 0.25) is 0 Å². The number of anilines is 1. The molecule has 0 atom stereocenters. The first kappa shape index (κ1) is 20.6. The Balaban J connectivity index is 1.74. The monoisotopic (exact) mass is 400 g/mol. The second kappa shape index (κ2) is 9.39. The van der Waals surface area contributed by atoms with Gasteiger partial charge in [-0.15, -0.1) is 0 Å². The van der Waals surface area contributed by atoms with Crippen LogP contribution in [-0.2, 0) is 9.53 Å². The molecule has 1 N–H and O–H groups in total. The normalized spacial score (nSPS) is 10.9. The van der Waals surface area contributed by atoms with E-state index in [1.807, 2.05) is 25.1 Å². The Morgan fingerprint density at radius 1 is 1.07 bits per heavy atom. The minimum atomic E-state index is -0.516. The van der Waals surface area contributed by atoms with Gasteiger partial charge in [0.25, 0.3) is 5.91 Å². The molecule has 1 heterocycles. The van der Waals surface area contributed by atoms with Crippen LogP contribution in [0, 0.1) is 18.3 Å². The van der Waals surface area contributed by atoms with Crippen molar-refractivity contribution in [2.75, 3.05) is 11.9 Å². The fourth-order valence-electron chi connectivity index (χ4n) is 2.70. The lowest BCUT2D eigenvalue weighted by Gasteiger charge is -2.04. The SMILES string of the molecule is CCOC(=O)c1ccc(-c2ccc(/C=C(/C#N)C(=O)Nc3ccc(C)cc3)o2)cc1. The van der Waals surface area contributed by atoms with Crippen LogP contribution in [0.5, 0.6) is 0 Å². The van der Waals surface area contributed by atoms with Crippen LogP contribution < -0.4 is 5.32 Å². The summed E-state index contributed by atoms with van der Waals surface area (Å²) in [5, 5.41) is 12.1. The second-order valence-electron chi connectivity index (χ2n) is 6.49. The number of ether oxygens (including phenoxy) is 1. The van der Waals surface area contributed by atoms with E-state index < -0.39 is 5.91 Å². The van der Waals surface area contributed by atoms with Crippen molar-refractivity contribution in [3.8, 4) is 17.4 Å². The predicted octanol–water partition coefficient (Wildman–Crippen LogP) is 4.98. The van der Waals surface area contributed by atoms with Crippen molar-refractivity contribution in [3.05, 3.63) is 83.1 Å². The van der Waals surface area contributed by atoms with Crippen molar-refractivity contribution >= 4 is 23.6 Å². The minimum absolute atomic E-state index is 0.0749. The van der Waals surface area contributed by atoms with Gasteiger partial charge in [-0.05, 0) is 50.2 Å². The Morgan fingerprint density at radius 3 is 2.40 bits per heavy atom. The fraction of sp³-hybridized carbons (Fsp3) is 0.125. The molecule has 150 valence electrons. The van der Waals surface area contributed by atoms with E-state index in [0.29, 0.717) is 29.4 Å². The number of hydrogen-bond donors (Lipinski definition) is 1. The van der Waals surface area contributed by atoms with Crippen LogP contribution in [-0.4, -0.2) is 18.5 Å². The van der Waals surface area contributed by atoms with Gasteiger partial charge < -0.3 is 14.5 Å². The molecule has 0 aliphatic carbocycles. The van der Waals surface area contributed by atoms with Gasteiger partial charge in [0, 0.05) is 17.3 Å². The van der Waals surface area contributed by atoms with Gasteiger partial charge in [-0.25, -0.2) is 4.79 Å². The number of aryl methyl sites for hydroxylation is 1. The summed E-state index contributed by atoms with van der Waals surface area (Å²) in [6.07, 6.45) is 1.39. The smallest absolute Gasteiger partial charge is 0.338 e. The van der Waals surface area contributed by atoms with E-state index in [1.165, 1.54) is 6.08 Å². The van der Waals surface area contributed by atoms with Crippen LogP contribution in [0.1, 0.15) is 28.6 Å². The Bertz CT molecular complexity index is 1120. The highest BCUT2D eigenvalue weighted by Crippen LogP contribution is 2.24. The van der Waals surface area contributed by atoms with Crippen LogP contribution in [0.2, 0.25) is 0 Å². The van der Waals surface area contributed by atoms with E-state index in [1.54, 1.807) is 55.5 Å². The van der Waals surface area contributed by atoms with Gasteiger partial charge >= 0.3 is 5.97 Å². The Kier molecular flexibility index (Phi) is 6.46. The maximum Gasteiger partial charge on any atom is 0.338 e. The molecule has 2 aromatic carbocycles. The third-order valence-electron chi connectivity index (χ3n) is 4.27. The van der Waals surface area contributed by atoms with Gasteiger partial charge in [-0.1, -0.05) is 29.8 Å². The van der Waals surface area contributed by atoms with Crippen molar-refractivity contribution < 1.29 is 18.7 Å². The molecule has 0 aliphatic heterocycles. The molecular weight excluding hydrogens is 380 g/mol. The zero-order chi connectivity index (χ0) is 21.5. The van der Waals surface area contributed by atoms with E-state index in [2.05, 4.69) is 5.32 Å². The van der Waals surface area contributed by atoms with Crippen LogP contribution in [0.4, 0.5) is 5.69 Å². The number of hydrogen-bond acceptors (Lipinski definition) is 5.